The molecule has 1 aromatic carbocycles. The average Bonchev–Trinajstić information content (AvgIpc) is 2.39. The van der Waals surface area contributed by atoms with Gasteiger partial charge in [-0.05, 0) is 18.6 Å². The first kappa shape index (κ1) is 10.3. The van der Waals surface area contributed by atoms with E-state index in [0.717, 1.165) is 0 Å². The number of aromatic nitrogens is 1. The van der Waals surface area contributed by atoms with E-state index in [2.05, 4.69) is 63.6 Å². The Morgan fingerprint density at radius 3 is 2.20 bits per heavy atom. The normalized spacial score (nSPS) is 12.3. The molecule has 0 spiro atoms. The van der Waals surface area contributed by atoms with Crippen molar-refractivity contribution in [1.29, 1.82) is 0 Å². The molecule has 2 rings (SSSR count). The van der Waals surface area contributed by atoms with Crippen LogP contribution in [-0.2, 0) is 12.5 Å². The Morgan fingerprint density at radius 1 is 1.07 bits per heavy atom. The van der Waals surface area contributed by atoms with E-state index >= 15 is 0 Å². The van der Waals surface area contributed by atoms with E-state index in [1.807, 2.05) is 0 Å². The first-order valence-corrected chi connectivity index (χ1v) is 5.47. The van der Waals surface area contributed by atoms with Crippen LogP contribution in [0.25, 0.3) is 10.9 Å². The number of fused-ring (bicyclic) bond motifs is 1. The number of hydrogen-bond acceptors (Lipinski definition) is 0. The lowest BCUT2D eigenvalue weighted by Crippen LogP contribution is -2.17. The second kappa shape index (κ2) is 3.13. The zero-order chi connectivity index (χ0) is 11.2. The average molecular weight is 201 g/mol. The molecule has 15 heavy (non-hydrogen) atoms. The summed E-state index contributed by atoms with van der Waals surface area (Å²) in [5.41, 5.74) is 4.39. The standard InChI is InChI=1S/C14H19N/c1-10-11-8-6-7-9-12(11)15(5)13(10)14(2,3)4/h6-9H,1-5H3. The maximum absolute atomic E-state index is 2.32. The Balaban J connectivity index is 2.87. The van der Waals surface area contributed by atoms with E-state index in [9.17, 15) is 0 Å². The van der Waals surface area contributed by atoms with E-state index in [1.54, 1.807) is 0 Å². The van der Waals surface area contributed by atoms with Gasteiger partial charge in [0.05, 0.1) is 0 Å². The topological polar surface area (TPSA) is 4.93 Å². The van der Waals surface area contributed by atoms with Crippen LogP contribution in [0.4, 0.5) is 0 Å². The molecule has 0 radical (unpaired) electrons. The largest absolute Gasteiger partial charge is 0.347 e. The molecule has 1 nitrogen and oxygen atoms in total. The van der Waals surface area contributed by atoms with Gasteiger partial charge in [-0.15, -0.1) is 0 Å². The second-order valence-electron chi connectivity index (χ2n) is 5.30. The predicted molar refractivity (Wildman–Crippen MR) is 66.4 cm³/mol. The van der Waals surface area contributed by atoms with Crippen LogP contribution in [0, 0.1) is 6.92 Å². The van der Waals surface area contributed by atoms with Crippen molar-refractivity contribution in [2.24, 2.45) is 7.05 Å². The van der Waals surface area contributed by atoms with E-state index in [-0.39, 0.29) is 5.41 Å². The van der Waals surface area contributed by atoms with Crippen LogP contribution in [0.1, 0.15) is 32.0 Å². The minimum Gasteiger partial charge on any atom is -0.347 e. The fourth-order valence-electron chi connectivity index (χ4n) is 2.65. The third kappa shape index (κ3) is 1.46. The van der Waals surface area contributed by atoms with Crippen LogP contribution in [0.5, 0.6) is 0 Å². The summed E-state index contributed by atoms with van der Waals surface area (Å²) in [4.78, 5) is 0. The summed E-state index contributed by atoms with van der Waals surface area (Å²) in [7, 11) is 2.16. The van der Waals surface area contributed by atoms with Crippen LogP contribution < -0.4 is 0 Å². The fraction of sp³-hybridized carbons (Fsp3) is 0.429. The molecule has 0 saturated carbocycles. The van der Waals surface area contributed by atoms with Gasteiger partial charge in [0.25, 0.3) is 0 Å². The smallest absolute Gasteiger partial charge is 0.0482 e. The minimum absolute atomic E-state index is 0.206. The molecule has 1 aromatic heterocycles. The number of nitrogens with zero attached hydrogens (tertiary/aromatic N) is 1. The first-order chi connectivity index (χ1) is 6.93. The predicted octanol–water partition coefficient (Wildman–Crippen LogP) is 3.78. The lowest BCUT2D eigenvalue weighted by atomic mass is 9.89. The summed E-state index contributed by atoms with van der Waals surface area (Å²) in [5.74, 6) is 0. The van der Waals surface area contributed by atoms with Gasteiger partial charge in [0, 0.05) is 29.1 Å². The van der Waals surface area contributed by atoms with E-state index in [4.69, 9.17) is 0 Å². The fourth-order valence-corrected chi connectivity index (χ4v) is 2.65. The molecule has 0 N–H and O–H groups in total. The number of aryl methyl sites for hydroxylation is 2. The highest BCUT2D eigenvalue weighted by molar-refractivity contribution is 5.85. The summed E-state index contributed by atoms with van der Waals surface area (Å²) >= 11 is 0. The second-order valence-corrected chi connectivity index (χ2v) is 5.30. The SMILES string of the molecule is Cc1c(C(C)(C)C)n(C)c2ccccc12. The van der Waals surface area contributed by atoms with E-state index < -0.39 is 0 Å². The maximum Gasteiger partial charge on any atom is 0.0482 e. The number of benzene rings is 1. The molecule has 0 atom stereocenters. The van der Waals surface area contributed by atoms with Gasteiger partial charge in [-0.25, -0.2) is 0 Å². The van der Waals surface area contributed by atoms with E-state index in [1.165, 1.54) is 22.2 Å². The summed E-state index contributed by atoms with van der Waals surface area (Å²) in [6.45, 7) is 9.04. The van der Waals surface area contributed by atoms with Crippen molar-refractivity contribution < 1.29 is 0 Å². The Hall–Kier alpha value is -1.24. The van der Waals surface area contributed by atoms with Crippen molar-refractivity contribution >= 4 is 10.9 Å². The molecule has 0 fully saturated rings. The summed E-state index contributed by atoms with van der Waals surface area (Å²) < 4.78 is 2.32. The Bertz CT molecular complexity index is 459. The van der Waals surface area contributed by atoms with Gasteiger partial charge in [-0.3, -0.25) is 0 Å². The lowest BCUT2D eigenvalue weighted by molar-refractivity contribution is 0.543. The van der Waals surface area contributed by atoms with Crippen molar-refractivity contribution in [3.63, 3.8) is 0 Å². The summed E-state index contributed by atoms with van der Waals surface area (Å²) in [6.07, 6.45) is 0. The zero-order valence-electron chi connectivity index (χ0n) is 10.3. The third-order valence-corrected chi connectivity index (χ3v) is 3.07. The van der Waals surface area contributed by atoms with Crippen molar-refractivity contribution in [2.75, 3.05) is 0 Å². The van der Waals surface area contributed by atoms with Crippen LogP contribution in [0.3, 0.4) is 0 Å². The van der Waals surface area contributed by atoms with Crippen LogP contribution in [0.2, 0.25) is 0 Å². The lowest BCUT2D eigenvalue weighted by Gasteiger charge is -2.21. The third-order valence-electron chi connectivity index (χ3n) is 3.07. The van der Waals surface area contributed by atoms with Gasteiger partial charge in [-0.2, -0.15) is 0 Å². The molecule has 80 valence electrons. The quantitative estimate of drug-likeness (QED) is 0.611. The molecule has 0 aliphatic heterocycles. The van der Waals surface area contributed by atoms with Crippen LogP contribution in [-0.4, -0.2) is 4.57 Å². The zero-order valence-corrected chi connectivity index (χ0v) is 10.3. The molecule has 0 saturated heterocycles. The van der Waals surface area contributed by atoms with Gasteiger partial charge in [0.1, 0.15) is 0 Å². The van der Waals surface area contributed by atoms with Crippen LogP contribution in [0.15, 0.2) is 24.3 Å². The highest BCUT2D eigenvalue weighted by Crippen LogP contribution is 2.32. The van der Waals surface area contributed by atoms with Crippen LogP contribution >= 0.6 is 0 Å². The molecular weight excluding hydrogens is 182 g/mol. The number of hydrogen-bond donors (Lipinski definition) is 0. The molecule has 0 bridgehead atoms. The Labute approximate surface area is 91.7 Å². The molecule has 0 aliphatic carbocycles. The Kier molecular flexibility index (Phi) is 2.14. The minimum atomic E-state index is 0.206. The number of para-hydroxylation sites is 1. The van der Waals surface area contributed by atoms with E-state index in [0.29, 0.717) is 0 Å². The number of rotatable bonds is 0. The maximum atomic E-state index is 2.32. The first-order valence-electron chi connectivity index (χ1n) is 5.47. The van der Waals surface area contributed by atoms with Gasteiger partial charge >= 0.3 is 0 Å². The molecule has 2 aromatic rings. The van der Waals surface area contributed by atoms with Crippen molar-refractivity contribution in [3.8, 4) is 0 Å². The molecule has 0 unspecified atom stereocenters. The highest BCUT2D eigenvalue weighted by Gasteiger charge is 2.22. The van der Waals surface area contributed by atoms with Gasteiger partial charge in [-0.1, -0.05) is 39.0 Å². The van der Waals surface area contributed by atoms with Crippen molar-refractivity contribution in [1.82, 2.24) is 4.57 Å². The van der Waals surface area contributed by atoms with Crippen molar-refractivity contribution in [3.05, 3.63) is 35.5 Å². The molecule has 1 heterocycles. The molecule has 0 amide bonds. The van der Waals surface area contributed by atoms with Crippen molar-refractivity contribution in [2.45, 2.75) is 33.1 Å². The monoisotopic (exact) mass is 201 g/mol. The molecule has 0 aliphatic rings. The molecular formula is C14H19N. The summed E-state index contributed by atoms with van der Waals surface area (Å²) in [6, 6.07) is 8.62. The molecule has 1 heteroatoms. The Morgan fingerprint density at radius 2 is 1.67 bits per heavy atom. The van der Waals surface area contributed by atoms with Gasteiger partial charge in [0.2, 0.25) is 0 Å². The summed E-state index contributed by atoms with van der Waals surface area (Å²) in [5, 5.41) is 1.38. The highest BCUT2D eigenvalue weighted by atomic mass is 15.0. The van der Waals surface area contributed by atoms with Gasteiger partial charge in [0.15, 0.2) is 0 Å². The van der Waals surface area contributed by atoms with Gasteiger partial charge < -0.3 is 4.57 Å².